The monoisotopic (exact) mass is 293 g/mol. The van der Waals surface area contributed by atoms with E-state index in [-0.39, 0.29) is 5.82 Å². The molecule has 4 heteroatoms. The number of benzene rings is 1. The third-order valence-electron chi connectivity index (χ3n) is 4.61. The number of hydrogen-bond donors (Lipinski definition) is 2. The molecular weight excluding hydrogens is 269 g/mol. The Labute approximate surface area is 125 Å². The van der Waals surface area contributed by atoms with Crippen molar-refractivity contribution >= 4 is 11.7 Å². The van der Waals surface area contributed by atoms with Gasteiger partial charge in [0.15, 0.2) is 0 Å². The van der Waals surface area contributed by atoms with E-state index in [1.807, 2.05) is 6.92 Å². The van der Waals surface area contributed by atoms with Crippen molar-refractivity contribution < 1.29 is 14.3 Å². The van der Waals surface area contributed by atoms with Gasteiger partial charge in [-0.05, 0) is 55.9 Å². The van der Waals surface area contributed by atoms with Gasteiger partial charge in [-0.15, -0.1) is 0 Å². The van der Waals surface area contributed by atoms with Gasteiger partial charge in [0.05, 0.1) is 0 Å². The van der Waals surface area contributed by atoms with E-state index in [0.29, 0.717) is 24.4 Å². The van der Waals surface area contributed by atoms with Gasteiger partial charge >= 0.3 is 5.97 Å². The Balaban J connectivity index is 2.24. The zero-order valence-corrected chi connectivity index (χ0v) is 12.8. The minimum Gasteiger partial charge on any atom is -0.480 e. The first kappa shape index (κ1) is 15.8. The minimum atomic E-state index is -0.968. The molecule has 1 aliphatic rings. The van der Waals surface area contributed by atoms with Crippen molar-refractivity contribution in [2.45, 2.75) is 57.9 Å². The lowest BCUT2D eigenvalue weighted by molar-refractivity contribution is -0.142. The molecule has 2 unspecified atom stereocenters. The van der Waals surface area contributed by atoms with Crippen LogP contribution in [0.15, 0.2) is 18.2 Å². The molecule has 0 bridgehead atoms. The van der Waals surface area contributed by atoms with Gasteiger partial charge in [0.1, 0.15) is 11.4 Å². The lowest BCUT2D eigenvalue weighted by Crippen LogP contribution is -2.46. The molecule has 0 spiro atoms. The SMILES string of the molecule is CCC1CCCC(Nc2cc(C)cc(F)c2)(C(=O)O)CC1. The fraction of sp³-hybridized carbons (Fsp3) is 0.588. The molecule has 1 fully saturated rings. The summed E-state index contributed by atoms with van der Waals surface area (Å²) in [6.45, 7) is 3.96. The van der Waals surface area contributed by atoms with Gasteiger partial charge in [0.25, 0.3) is 0 Å². The zero-order valence-electron chi connectivity index (χ0n) is 12.8. The lowest BCUT2D eigenvalue weighted by atomic mass is 9.89. The van der Waals surface area contributed by atoms with Crippen molar-refractivity contribution in [2.75, 3.05) is 5.32 Å². The van der Waals surface area contributed by atoms with Crippen LogP contribution in [0.4, 0.5) is 10.1 Å². The van der Waals surface area contributed by atoms with Gasteiger partial charge < -0.3 is 10.4 Å². The Morgan fingerprint density at radius 3 is 2.76 bits per heavy atom. The number of rotatable bonds is 4. The summed E-state index contributed by atoms with van der Waals surface area (Å²) < 4.78 is 13.5. The van der Waals surface area contributed by atoms with E-state index in [0.717, 1.165) is 31.2 Å². The summed E-state index contributed by atoms with van der Waals surface area (Å²) in [5.41, 5.74) is 0.382. The molecule has 0 heterocycles. The first-order valence-corrected chi connectivity index (χ1v) is 7.74. The second-order valence-corrected chi connectivity index (χ2v) is 6.23. The molecule has 2 atom stereocenters. The van der Waals surface area contributed by atoms with Crippen LogP contribution >= 0.6 is 0 Å². The van der Waals surface area contributed by atoms with E-state index in [9.17, 15) is 14.3 Å². The van der Waals surface area contributed by atoms with Gasteiger partial charge in [-0.1, -0.05) is 26.2 Å². The van der Waals surface area contributed by atoms with Crippen LogP contribution in [-0.2, 0) is 4.79 Å². The number of aryl methyl sites for hydroxylation is 1. The molecule has 1 aromatic rings. The summed E-state index contributed by atoms with van der Waals surface area (Å²) >= 11 is 0. The molecule has 2 N–H and O–H groups in total. The smallest absolute Gasteiger partial charge is 0.329 e. The highest BCUT2D eigenvalue weighted by molar-refractivity contribution is 5.83. The number of halogens is 1. The first-order chi connectivity index (χ1) is 9.95. The highest BCUT2D eigenvalue weighted by Crippen LogP contribution is 2.35. The van der Waals surface area contributed by atoms with Gasteiger partial charge in [-0.25, -0.2) is 9.18 Å². The van der Waals surface area contributed by atoms with Crippen molar-refractivity contribution in [3.05, 3.63) is 29.6 Å². The van der Waals surface area contributed by atoms with Crippen LogP contribution in [0.5, 0.6) is 0 Å². The molecule has 1 aromatic carbocycles. The molecule has 0 aromatic heterocycles. The molecular formula is C17H24FNO2. The summed E-state index contributed by atoms with van der Waals surface area (Å²) in [4.78, 5) is 11.8. The van der Waals surface area contributed by atoms with E-state index in [1.165, 1.54) is 12.1 Å². The fourth-order valence-corrected chi connectivity index (χ4v) is 3.30. The van der Waals surface area contributed by atoms with Crippen molar-refractivity contribution in [3.8, 4) is 0 Å². The molecule has 2 rings (SSSR count). The maximum absolute atomic E-state index is 13.5. The van der Waals surface area contributed by atoms with Gasteiger partial charge in [-0.2, -0.15) is 0 Å². The summed E-state index contributed by atoms with van der Waals surface area (Å²) in [5.74, 6) is -0.568. The zero-order chi connectivity index (χ0) is 15.5. The lowest BCUT2D eigenvalue weighted by Gasteiger charge is -2.30. The third-order valence-corrected chi connectivity index (χ3v) is 4.61. The fourth-order valence-electron chi connectivity index (χ4n) is 3.30. The Bertz CT molecular complexity index is 497. The van der Waals surface area contributed by atoms with Crippen molar-refractivity contribution in [3.63, 3.8) is 0 Å². The summed E-state index contributed by atoms with van der Waals surface area (Å²) in [7, 11) is 0. The summed E-state index contributed by atoms with van der Waals surface area (Å²) in [6.07, 6.45) is 5.16. The van der Waals surface area contributed by atoms with E-state index >= 15 is 0 Å². The number of hydrogen-bond acceptors (Lipinski definition) is 2. The van der Waals surface area contributed by atoms with Gasteiger partial charge in [-0.3, -0.25) is 0 Å². The summed E-state index contributed by atoms with van der Waals surface area (Å²) in [6, 6.07) is 4.62. The van der Waals surface area contributed by atoms with Crippen LogP contribution < -0.4 is 5.32 Å². The minimum absolute atomic E-state index is 0.335. The molecule has 0 radical (unpaired) electrons. The molecule has 116 valence electrons. The van der Waals surface area contributed by atoms with Gasteiger partial charge in [0, 0.05) is 5.69 Å². The Kier molecular flexibility index (Phi) is 4.86. The molecule has 1 saturated carbocycles. The van der Waals surface area contributed by atoms with Crippen LogP contribution in [0.2, 0.25) is 0 Å². The number of carboxylic acids is 1. The Hall–Kier alpha value is -1.58. The number of anilines is 1. The number of carboxylic acid groups (broad SMARTS) is 1. The molecule has 0 amide bonds. The number of aliphatic carboxylic acids is 1. The first-order valence-electron chi connectivity index (χ1n) is 7.74. The van der Waals surface area contributed by atoms with Crippen LogP contribution in [0.1, 0.15) is 51.0 Å². The highest BCUT2D eigenvalue weighted by Gasteiger charge is 2.40. The standard InChI is InChI=1S/C17H24FNO2/c1-3-13-5-4-7-17(8-6-13,16(20)21)19-15-10-12(2)9-14(18)11-15/h9-11,13,19H,3-8H2,1-2H3,(H,20,21). The second kappa shape index (κ2) is 6.46. The van der Waals surface area contributed by atoms with E-state index < -0.39 is 11.5 Å². The Morgan fingerprint density at radius 2 is 2.14 bits per heavy atom. The number of carbonyl (C=O) groups is 1. The normalized spacial score (nSPS) is 26.1. The van der Waals surface area contributed by atoms with E-state index in [4.69, 9.17) is 0 Å². The van der Waals surface area contributed by atoms with Crippen LogP contribution in [-0.4, -0.2) is 16.6 Å². The maximum Gasteiger partial charge on any atom is 0.329 e. The van der Waals surface area contributed by atoms with E-state index in [1.54, 1.807) is 6.07 Å². The Morgan fingerprint density at radius 1 is 1.38 bits per heavy atom. The predicted molar refractivity (Wildman–Crippen MR) is 82.0 cm³/mol. The maximum atomic E-state index is 13.5. The van der Waals surface area contributed by atoms with Gasteiger partial charge in [0.2, 0.25) is 0 Å². The average molecular weight is 293 g/mol. The second-order valence-electron chi connectivity index (χ2n) is 6.23. The molecule has 1 aliphatic carbocycles. The third kappa shape index (κ3) is 3.74. The van der Waals surface area contributed by atoms with Crippen molar-refractivity contribution in [1.29, 1.82) is 0 Å². The topological polar surface area (TPSA) is 49.3 Å². The molecule has 3 nitrogen and oxygen atoms in total. The largest absolute Gasteiger partial charge is 0.480 e. The average Bonchev–Trinajstić information content (AvgIpc) is 2.60. The highest BCUT2D eigenvalue weighted by atomic mass is 19.1. The summed E-state index contributed by atoms with van der Waals surface area (Å²) in [5, 5.41) is 12.8. The van der Waals surface area contributed by atoms with Crippen LogP contribution in [0, 0.1) is 18.7 Å². The van der Waals surface area contributed by atoms with Crippen LogP contribution in [0.25, 0.3) is 0 Å². The molecule has 21 heavy (non-hydrogen) atoms. The van der Waals surface area contributed by atoms with Crippen molar-refractivity contribution in [1.82, 2.24) is 0 Å². The van der Waals surface area contributed by atoms with E-state index in [2.05, 4.69) is 12.2 Å². The molecule has 0 aliphatic heterocycles. The van der Waals surface area contributed by atoms with Crippen molar-refractivity contribution in [2.24, 2.45) is 5.92 Å². The quantitative estimate of drug-likeness (QED) is 0.811. The van der Waals surface area contributed by atoms with Crippen LogP contribution in [0.3, 0.4) is 0 Å². The molecule has 0 saturated heterocycles. The number of nitrogens with one attached hydrogen (secondary N) is 1. The predicted octanol–water partition coefficient (Wildman–Crippen LogP) is 4.36.